The number of carbonyl (C=O) groups is 1. The number of benzene rings is 2. The van der Waals surface area contributed by atoms with Crippen LogP contribution in [0.4, 0.5) is 5.69 Å². The maximum Gasteiger partial charge on any atom is 0.267 e. The molecule has 8 heteroatoms. The Morgan fingerprint density at radius 2 is 1.75 bits per heavy atom. The van der Waals surface area contributed by atoms with Gasteiger partial charge < -0.3 is 10.1 Å². The molecule has 150 valence electrons. The maximum absolute atomic E-state index is 12.6. The highest BCUT2D eigenvalue weighted by Gasteiger charge is 2.30. The molecular formula is C20H23ClN2O4S. The average molecular weight is 423 g/mol. The molecule has 0 fully saturated rings. The van der Waals surface area contributed by atoms with E-state index in [9.17, 15) is 13.2 Å². The topological polar surface area (TPSA) is 84.5 Å². The van der Waals surface area contributed by atoms with Gasteiger partial charge in [0.1, 0.15) is 5.75 Å². The van der Waals surface area contributed by atoms with Gasteiger partial charge >= 0.3 is 0 Å². The maximum atomic E-state index is 12.6. The molecule has 0 bridgehead atoms. The van der Waals surface area contributed by atoms with Crippen molar-refractivity contribution in [1.29, 1.82) is 0 Å². The molecule has 0 aliphatic carbocycles. The first-order chi connectivity index (χ1) is 13.1. The molecule has 6 nitrogen and oxygen atoms in total. The lowest BCUT2D eigenvalue weighted by Crippen LogP contribution is -2.42. The number of ether oxygens (including phenoxy) is 1. The average Bonchev–Trinajstić information content (AvgIpc) is 2.63. The minimum atomic E-state index is -3.43. The van der Waals surface area contributed by atoms with Gasteiger partial charge in [0, 0.05) is 17.3 Å². The zero-order chi connectivity index (χ0) is 20.8. The molecule has 2 N–H and O–H groups in total. The van der Waals surface area contributed by atoms with Crippen molar-refractivity contribution in [2.45, 2.75) is 25.2 Å². The van der Waals surface area contributed by atoms with Crippen molar-refractivity contribution >= 4 is 33.2 Å². The molecule has 0 aromatic heterocycles. The Bertz CT molecular complexity index is 924. The first-order valence-electron chi connectivity index (χ1n) is 8.54. The van der Waals surface area contributed by atoms with Gasteiger partial charge in [-0.25, -0.2) is 13.1 Å². The smallest absolute Gasteiger partial charge is 0.267 e. The zero-order valence-corrected chi connectivity index (χ0v) is 17.3. The summed E-state index contributed by atoms with van der Waals surface area (Å²) < 4.78 is 32.0. The number of hydrogen-bond donors (Lipinski definition) is 2. The van der Waals surface area contributed by atoms with Gasteiger partial charge in [-0.3, -0.25) is 4.79 Å². The van der Waals surface area contributed by atoms with E-state index in [1.807, 2.05) is 0 Å². The lowest BCUT2D eigenvalue weighted by atomic mass is 10.1. The van der Waals surface area contributed by atoms with Crippen LogP contribution in [0.3, 0.4) is 0 Å². The van der Waals surface area contributed by atoms with E-state index in [4.69, 9.17) is 16.3 Å². The van der Waals surface area contributed by atoms with Crippen molar-refractivity contribution in [2.24, 2.45) is 0 Å². The van der Waals surface area contributed by atoms with Crippen LogP contribution in [0.15, 0.2) is 61.2 Å². The van der Waals surface area contributed by atoms with Crippen LogP contribution in [-0.2, 0) is 20.6 Å². The minimum absolute atomic E-state index is 0.153. The fraction of sp³-hybridized carbons (Fsp3) is 0.250. The largest absolute Gasteiger partial charge is 0.478 e. The summed E-state index contributed by atoms with van der Waals surface area (Å²) in [5.41, 5.74) is 0.0222. The molecule has 0 saturated heterocycles. The predicted molar refractivity (Wildman–Crippen MR) is 112 cm³/mol. The van der Waals surface area contributed by atoms with Gasteiger partial charge in [-0.15, -0.1) is 6.58 Å². The lowest BCUT2D eigenvalue weighted by Gasteiger charge is -2.25. The highest BCUT2D eigenvalue weighted by Crippen LogP contribution is 2.22. The molecule has 0 saturated carbocycles. The van der Waals surface area contributed by atoms with Crippen LogP contribution in [0.5, 0.6) is 5.75 Å². The predicted octanol–water partition coefficient (Wildman–Crippen LogP) is 3.74. The van der Waals surface area contributed by atoms with Gasteiger partial charge in [0.25, 0.3) is 5.91 Å². The third-order valence-corrected chi connectivity index (χ3v) is 5.32. The van der Waals surface area contributed by atoms with E-state index in [1.165, 1.54) is 6.08 Å². The van der Waals surface area contributed by atoms with E-state index in [-0.39, 0.29) is 18.2 Å². The molecule has 2 aromatic carbocycles. The van der Waals surface area contributed by atoms with Crippen LogP contribution in [0, 0.1) is 0 Å². The summed E-state index contributed by atoms with van der Waals surface area (Å²) in [6.45, 7) is 6.97. The number of anilines is 1. The molecule has 0 unspecified atom stereocenters. The Labute approximate surface area is 170 Å². The van der Waals surface area contributed by atoms with Crippen LogP contribution in [0.2, 0.25) is 5.02 Å². The third-order valence-electron chi connectivity index (χ3n) is 3.75. The van der Waals surface area contributed by atoms with Gasteiger partial charge in [0.2, 0.25) is 10.0 Å². The summed E-state index contributed by atoms with van der Waals surface area (Å²) in [7, 11) is -3.43. The Hall–Kier alpha value is -2.35. The Balaban J connectivity index is 1.99. The monoisotopic (exact) mass is 422 g/mol. The summed E-state index contributed by atoms with van der Waals surface area (Å²) in [6, 6.07) is 13.3. The van der Waals surface area contributed by atoms with Crippen molar-refractivity contribution in [3.8, 4) is 5.75 Å². The van der Waals surface area contributed by atoms with E-state index in [2.05, 4.69) is 16.6 Å². The zero-order valence-electron chi connectivity index (χ0n) is 15.7. The molecule has 0 aliphatic heterocycles. The normalized spacial score (nSPS) is 11.7. The first kappa shape index (κ1) is 21.9. The Morgan fingerprint density at radius 1 is 1.14 bits per heavy atom. The minimum Gasteiger partial charge on any atom is -0.478 e. The molecule has 2 aromatic rings. The summed E-state index contributed by atoms with van der Waals surface area (Å²) in [5, 5.41) is 3.35. The van der Waals surface area contributed by atoms with Crippen LogP contribution in [0.1, 0.15) is 19.4 Å². The van der Waals surface area contributed by atoms with Gasteiger partial charge in [0.05, 0.1) is 5.75 Å². The Morgan fingerprint density at radius 3 is 2.32 bits per heavy atom. The lowest BCUT2D eigenvalue weighted by molar-refractivity contribution is -0.128. The van der Waals surface area contributed by atoms with E-state index in [0.29, 0.717) is 22.0 Å². The first-order valence-corrected chi connectivity index (χ1v) is 10.6. The van der Waals surface area contributed by atoms with Gasteiger partial charge in [-0.2, -0.15) is 0 Å². The van der Waals surface area contributed by atoms with Crippen molar-refractivity contribution in [1.82, 2.24) is 4.72 Å². The van der Waals surface area contributed by atoms with E-state index in [1.54, 1.807) is 62.4 Å². The number of hydrogen-bond acceptors (Lipinski definition) is 4. The van der Waals surface area contributed by atoms with Crippen molar-refractivity contribution in [3.63, 3.8) is 0 Å². The molecule has 0 radical (unpaired) electrons. The highest BCUT2D eigenvalue weighted by atomic mass is 35.5. The standard InChI is InChI=1S/C20H23ClN2O4S/c1-4-13-22-28(25,26)14-15-5-9-17(10-6-15)23-19(24)20(2,3)27-18-11-7-16(21)8-12-18/h4-12,22H,1,13-14H2,2-3H3,(H,23,24). The summed E-state index contributed by atoms with van der Waals surface area (Å²) in [5.74, 6) is 0.0351. The molecule has 0 atom stereocenters. The van der Waals surface area contributed by atoms with Gasteiger partial charge in [-0.1, -0.05) is 29.8 Å². The summed E-state index contributed by atoms with van der Waals surface area (Å²) in [4.78, 5) is 12.6. The molecule has 0 aliphatic rings. The molecule has 0 heterocycles. The SMILES string of the molecule is C=CCNS(=O)(=O)Cc1ccc(NC(=O)C(C)(C)Oc2ccc(Cl)cc2)cc1. The number of sulfonamides is 1. The van der Waals surface area contributed by atoms with E-state index in [0.717, 1.165) is 0 Å². The van der Waals surface area contributed by atoms with Crippen molar-refractivity contribution < 1.29 is 17.9 Å². The van der Waals surface area contributed by atoms with Crippen molar-refractivity contribution in [2.75, 3.05) is 11.9 Å². The Kier molecular flexibility index (Phi) is 7.23. The fourth-order valence-corrected chi connectivity index (χ4v) is 3.50. The van der Waals surface area contributed by atoms with Crippen LogP contribution >= 0.6 is 11.6 Å². The second-order valence-electron chi connectivity index (χ2n) is 6.61. The second-order valence-corrected chi connectivity index (χ2v) is 8.86. The summed E-state index contributed by atoms with van der Waals surface area (Å²) >= 11 is 5.85. The van der Waals surface area contributed by atoms with E-state index >= 15 is 0 Å². The third kappa shape index (κ3) is 6.67. The second kappa shape index (κ2) is 9.23. The number of halogens is 1. The van der Waals surface area contributed by atoms with E-state index < -0.39 is 15.6 Å². The molecule has 2 rings (SSSR count). The highest BCUT2D eigenvalue weighted by molar-refractivity contribution is 7.88. The molecule has 28 heavy (non-hydrogen) atoms. The molecule has 0 spiro atoms. The van der Waals surface area contributed by atoms with Crippen LogP contribution in [-0.4, -0.2) is 26.5 Å². The summed E-state index contributed by atoms with van der Waals surface area (Å²) in [6.07, 6.45) is 1.48. The number of rotatable bonds is 9. The molecule has 1 amide bonds. The number of carbonyl (C=O) groups excluding carboxylic acids is 1. The van der Waals surface area contributed by atoms with Crippen LogP contribution in [0.25, 0.3) is 0 Å². The van der Waals surface area contributed by atoms with Crippen LogP contribution < -0.4 is 14.8 Å². The van der Waals surface area contributed by atoms with Gasteiger partial charge in [0.15, 0.2) is 5.60 Å². The number of nitrogens with one attached hydrogen (secondary N) is 2. The van der Waals surface area contributed by atoms with Gasteiger partial charge in [-0.05, 0) is 55.8 Å². The molecular weight excluding hydrogens is 400 g/mol. The quantitative estimate of drug-likeness (QED) is 0.603. The fourth-order valence-electron chi connectivity index (χ4n) is 2.27. The van der Waals surface area contributed by atoms with Crippen molar-refractivity contribution in [3.05, 3.63) is 71.8 Å². The number of amides is 1.